The van der Waals surface area contributed by atoms with Crippen LogP contribution in [-0.2, 0) is 6.54 Å². The Morgan fingerprint density at radius 3 is 2.57 bits per heavy atom. The van der Waals surface area contributed by atoms with E-state index in [0.29, 0.717) is 0 Å². The molecule has 2 amide bonds. The summed E-state index contributed by atoms with van der Waals surface area (Å²) in [6, 6.07) is 11.8. The lowest BCUT2D eigenvalue weighted by Gasteiger charge is -2.25. The number of nitrogens with one attached hydrogen (secondary N) is 1. The quantitative estimate of drug-likeness (QED) is 0.884. The highest BCUT2D eigenvalue weighted by Gasteiger charge is 2.20. The number of benzene rings is 1. The molecule has 0 unspecified atom stereocenters. The van der Waals surface area contributed by atoms with E-state index in [9.17, 15) is 13.6 Å². The first-order valence-electron chi connectivity index (χ1n) is 7.33. The Hall–Kier alpha value is -2.50. The number of aromatic nitrogens is 1. The standard InChI is InChI=1S/C17H19F2N3O/c1-13(15-8-5-9-20-10-15)21-17(23)22(12-16(18)19)11-14-6-3-2-4-7-14/h2-10,13,16H,11-12H2,1H3,(H,21,23)/t13-/m0/s1. The predicted octanol–water partition coefficient (Wildman–Crippen LogP) is 3.62. The molecule has 0 aliphatic rings. The van der Waals surface area contributed by atoms with Crippen LogP contribution in [0, 0.1) is 0 Å². The van der Waals surface area contributed by atoms with Crippen molar-refractivity contribution in [2.45, 2.75) is 25.9 Å². The molecule has 0 radical (unpaired) electrons. The van der Waals surface area contributed by atoms with E-state index in [-0.39, 0.29) is 12.6 Å². The molecule has 1 N–H and O–H groups in total. The largest absolute Gasteiger partial charge is 0.331 e. The second-order valence-corrected chi connectivity index (χ2v) is 5.21. The molecule has 0 aliphatic carbocycles. The van der Waals surface area contributed by atoms with Crippen LogP contribution in [0.5, 0.6) is 0 Å². The van der Waals surface area contributed by atoms with Crippen LogP contribution >= 0.6 is 0 Å². The summed E-state index contributed by atoms with van der Waals surface area (Å²) in [5, 5.41) is 2.74. The summed E-state index contributed by atoms with van der Waals surface area (Å²) in [5.74, 6) is 0. The number of halogens is 2. The van der Waals surface area contributed by atoms with Crippen molar-refractivity contribution in [2.24, 2.45) is 0 Å². The van der Waals surface area contributed by atoms with Gasteiger partial charge in [-0.05, 0) is 24.1 Å². The molecule has 1 aromatic heterocycles. The third-order valence-corrected chi connectivity index (χ3v) is 3.39. The van der Waals surface area contributed by atoms with Crippen LogP contribution in [0.1, 0.15) is 24.1 Å². The van der Waals surface area contributed by atoms with E-state index in [4.69, 9.17) is 0 Å². The third kappa shape index (κ3) is 5.32. The van der Waals surface area contributed by atoms with Crippen LogP contribution in [0.25, 0.3) is 0 Å². The van der Waals surface area contributed by atoms with Crippen LogP contribution in [0.3, 0.4) is 0 Å². The monoisotopic (exact) mass is 319 g/mol. The molecule has 1 heterocycles. The summed E-state index contributed by atoms with van der Waals surface area (Å²) in [6.07, 6.45) is 0.689. The highest BCUT2D eigenvalue weighted by Crippen LogP contribution is 2.13. The van der Waals surface area contributed by atoms with E-state index >= 15 is 0 Å². The fourth-order valence-corrected chi connectivity index (χ4v) is 2.18. The van der Waals surface area contributed by atoms with Gasteiger partial charge in [0, 0.05) is 18.9 Å². The highest BCUT2D eigenvalue weighted by molar-refractivity contribution is 5.74. The Bertz CT molecular complexity index is 608. The Balaban J connectivity index is 2.04. The van der Waals surface area contributed by atoms with Gasteiger partial charge in [0.05, 0.1) is 12.6 Å². The molecule has 2 rings (SSSR count). The molecule has 0 aliphatic heterocycles. The van der Waals surface area contributed by atoms with Crippen LogP contribution in [0.15, 0.2) is 54.9 Å². The summed E-state index contributed by atoms with van der Waals surface area (Å²) in [7, 11) is 0. The fourth-order valence-electron chi connectivity index (χ4n) is 2.18. The van der Waals surface area contributed by atoms with Crippen molar-refractivity contribution in [1.29, 1.82) is 0 Å². The fraction of sp³-hybridized carbons (Fsp3) is 0.294. The Morgan fingerprint density at radius 1 is 1.22 bits per heavy atom. The molecule has 23 heavy (non-hydrogen) atoms. The van der Waals surface area contributed by atoms with Gasteiger partial charge < -0.3 is 10.2 Å². The van der Waals surface area contributed by atoms with Crippen molar-refractivity contribution in [3.63, 3.8) is 0 Å². The summed E-state index contributed by atoms with van der Waals surface area (Å²) in [5.41, 5.74) is 1.62. The lowest BCUT2D eigenvalue weighted by Crippen LogP contribution is -2.42. The van der Waals surface area contributed by atoms with E-state index < -0.39 is 19.0 Å². The number of hydrogen-bond donors (Lipinski definition) is 1. The Kier molecular flexibility index (Phi) is 6.02. The second-order valence-electron chi connectivity index (χ2n) is 5.21. The second kappa shape index (κ2) is 8.22. The number of amides is 2. The number of pyridine rings is 1. The maximum absolute atomic E-state index is 12.8. The van der Waals surface area contributed by atoms with Crippen molar-refractivity contribution >= 4 is 6.03 Å². The first kappa shape index (κ1) is 16.9. The van der Waals surface area contributed by atoms with Gasteiger partial charge in [-0.25, -0.2) is 13.6 Å². The number of nitrogens with zero attached hydrogens (tertiary/aromatic N) is 2. The van der Waals surface area contributed by atoms with Crippen molar-refractivity contribution in [1.82, 2.24) is 15.2 Å². The zero-order valence-corrected chi connectivity index (χ0v) is 12.8. The van der Waals surface area contributed by atoms with Gasteiger partial charge in [0.25, 0.3) is 6.43 Å². The van der Waals surface area contributed by atoms with Crippen molar-refractivity contribution < 1.29 is 13.6 Å². The highest BCUT2D eigenvalue weighted by atomic mass is 19.3. The molecular weight excluding hydrogens is 300 g/mol. The van der Waals surface area contributed by atoms with Gasteiger partial charge >= 0.3 is 6.03 Å². The van der Waals surface area contributed by atoms with Crippen molar-refractivity contribution in [2.75, 3.05) is 6.54 Å². The van der Waals surface area contributed by atoms with Gasteiger partial charge in [0.15, 0.2) is 0 Å². The van der Waals surface area contributed by atoms with E-state index in [2.05, 4.69) is 10.3 Å². The molecule has 0 spiro atoms. The van der Waals surface area contributed by atoms with Gasteiger partial charge in [0.1, 0.15) is 0 Å². The van der Waals surface area contributed by atoms with Gasteiger partial charge in [-0.1, -0.05) is 36.4 Å². The number of carbonyl (C=O) groups excluding carboxylic acids is 1. The molecule has 0 saturated heterocycles. The van der Waals surface area contributed by atoms with Crippen molar-refractivity contribution in [3.8, 4) is 0 Å². The average molecular weight is 319 g/mol. The lowest BCUT2D eigenvalue weighted by atomic mass is 10.1. The minimum absolute atomic E-state index is 0.136. The van der Waals surface area contributed by atoms with Crippen LogP contribution in [0.4, 0.5) is 13.6 Å². The summed E-state index contributed by atoms with van der Waals surface area (Å²) >= 11 is 0. The summed E-state index contributed by atoms with van der Waals surface area (Å²) in [4.78, 5) is 17.4. The molecule has 2 aromatic rings. The average Bonchev–Trinajstić information content (AvgIpc) is 2.55. The molecular formula is C17H19F2N3O. The predicted molar refractivity (Wildman–Crippen MR) is 84.0 cm³/mol. The number of rotatable bonds is 6. The minimum Gasteiger partial charge on any atom is -0.331 e. The molecule has 122 valence electrons. The number of carbonyl (C=O) groups is 1. The van der Waals surface area contributed by atoms with Gasteiger partial charge in [-0.2, -0.15) is 0 Å². The van der Waals surface area contributed by atoms with Crippen molar-refractivity contribution in [3.05, 3.63) is 66.0 Å². The van der Waals surface area contributed by atoms with Gasteiger partial charge in [0.2, 0.25) is 0 Å². The van der Waals surface area contributed by atoms with Gasteiger partial charge in [-0.3, -0.25) is 4.98 Å². The number of hydrogen-bond acceptors (Lipinski definition) is 2. The topological polar surface area (TPSA) is 45.2 Å². The number of alkyl halides is 2. The Morgan fingerprint density at radius 2 is 1.96 bits per heavy atom. The van der Waals surface area contributed by atoms with E-state index in [0.717, 1.165) is 16.0 Å². The zero-order chi connectivity index (χ0) is 16.7. The van der Waals surface area contributed by atoms with E-state index in [1.54, 1.807) is 37.5 Å². The molecule has 0 bridgehead atoms. The maximum atomic E-state index is 12.8. The molecule has 1 atom stereocenters. The maximum Gasteiger partial charge on any atom is 0.318 e. The van der Waals surface area contributed by atoms with E-state index in [1.807, 2.05) is 24.3 Å². The molecule has 4 nitrogen and oxygen atoms in total. The summed E-state index contributed by atoms with van der Waals surface area (Å²) in [6.45, 7) is 1.31. The normalized spacial score (nSPS) is 12.0. The Labute approximate surface area is 134 Å². The molecule has 0 saturated carbocycles. The smallest absolute Gasteiger partial charge is 0.318 e. The summed E-state index contributed by atoms with van der Waals surface area (Å²) < 4.78 is 25.6. The third-order valence-electron chi connectivity index (χ3n) is 3.39. The van der Waals surface area contributed by atoms with Gasteiger partial charge in [-0.15, -0.1) is 0 Å². The van der Waals surface area contributed by atoms with Crippen LogP contribution < -0.4 is 5.32 Å². The van der Waals surface area contributed by atoms with Crippen LogP contribution in [0.2, 0.25) is 0 Å². The minimum atomic E-state index is -2.59. The lowest BCUT2D eigenvalue weighted by molar-refractivity contribution is 0.0949. The first-order valence-corrected chi connectivity index (χ1v) is 7.33. The SMILES string of the molecule is C[C@H](NC(=O)N(Cc1ccccc1)CC(F)F)c1cccnc1. The zero-order valence-electron chi connectivity index (χ0n) is 12.8. The van der Waals surface area contributed by atoms with Crippen LogP contribution in [-0.4, -0.2) is 28.9 Å². The first-order chi connectivity index (χ1) is 11.1. The van der Waals surface area contributed by atoms with E-state index in [1.165, 1.54) is 0 Å². The molecule has 6 heteroatoms. The molecule has 1 aromatic carbocycles. The molecule has 0 fully saturated rings. The number of urea groups is 1.